The summed E-state index contributed by atoms with van der Waals surface area (Å²) >= 11 is 0. The van der Waals surface area contributed by atoms with E-state index in [0.29, 0.717) is 32.3 Å². The summed E-state index contributed by atoms with van der Waals surface area (Å²) in [4.78, 5) is 23.9. The first kappa shape index (κ1) is 17.4. The molecule has 3 aliphatic rings. The Kier molecular flexibility index (Phi) is 4.39. The standard InChI is InChI=1S/C21H25N5O2/c27-20(24-17-4-2-1-3-5-17)26-9-8-21(13-26)14-28-12-16-11-23-19(25-18(16)21)22-10-15-6-7-15/h1-5,11,15H,6-10,12-14H2,(H,24,27)(H,22,23,25). The number of likely N-dealkylation sites (tertiary alicyclic amines) is 1. The van der Waals surface area contributed by atoms with Crippen molar-refractivity contribution in [2.75, 3.05) is 36.9 Å². The predicted molar refractivity (Wildman–Crippen MR) is 106 cm³/mol. The van der Waals surface area contributed by atoms with Gasteiger partial charge in [0, 0.05) is 37.1 Å². The van der Waals surface area contributed by atoms with Crippen LogP contribution in [0.5, 0.6) is 0 Å². The summed E-state index contributed by atoms with van der Waals surface area (Å²) in [5, 5.41) is 6.36. The first-order valence-corrected chi connectivity index (χ1v) is 10.0. The van der Waals surface area contributed by atoms with E-state index < -0.39 is 0 Å². The third-order valence-corrected chi connectivity index (χ3v) is 5.91. The fraction of sp³-hybridized carbons (Fsp3) is 0.476. The second-order valence-corrected chi connectivity index (χ2v) is 8.13. The van der Waals surface area contributed by atoms with Gasteiger partial charge in [0.15, 0.2) is 0 Å². The highest BCUT2D eigenvalue weighted by molar-refractivity contribution is 5.89. The van der Waals surface area contributed by atoms with Gasteiger partial charge in [-0.25, -0.2) is 14.8 Å². The van der Waals surface area contributed by atoms with E-state index in [0.717, 1.165) is 35.8 Å². The van der Waals surface area contributed by atoms with E-state index in [1.54, 1.807) is 0 Å². The van der Waals surface area contributed by atoms with Crippen LogP contribution in [0.3, 0.4) is 0 Å². The van der Waals surface area contributed by atoms with Crippen LogP contribution >= 0.6 is 0 Å². The predicted octanol–water partition coefficient (Wildman–Crippen LogP) is 3.00. The molecule has 2 fully saturated rings. The van der Waals surface area contributed by atoms with Gasteiger partial charge in [0.25, 0.3) is 0 Å². The fourth-order valence-corrected chi connectivity index (χ4v) is 4.12. The molecule has 5 rings (SSSR count). The number of carbonyl (C=O) groups excluding carboxylic acids is 1. The van der Waals surface area contributed by atoms with Gasteiger partial charge in [-0.1, -0.05) is 18.2 Å². The average molecular weight is 379 g/mol. The molecule has 1 saturated heterocycles. The van der Waals surface area contributed by atoms with Crippen molar-refractivity contribution in [3.05, 3.63) is 47.8 Å². The van der Waals surface area contributed by atoms with Gasteiger partial charge in [-0.2, -0.15) is 0 Å². The van der Waals surface area contributed by atoms with Crippen LogP contribution in [0.1, 0.15) is 30.5 Å². The number of nitrogens with one attached hydrogen (secondary N) is 2. The Labute approximate surface area is 164 Å². The minimum Gasteiger partial charge on any atom is -0.376 e. The van der Waals surface area contributed by atoms with E-state index in [9.17, 15) is 4.79 Å². The molecule has 1 unspecified atom stereocenters. The van der Waals surface area contributed by atoms with Crippen LogP contribution in [0.15, 0.2) is 36.5 Å². The minimum atomic E-state index is -0.249. The van der Waals surface area contributed by atoms with Crippen LogP contribution in [0.25, 0.3) is 0 Å². The molecule has 146 valence electrons. The van der Waals surface area contributed by atoms with Crippen molar-refractivity contribution in [3.63, 3.8) is 0 Å². The Morgan fingerprint density at radius 2 is 2.14 bits per heavy atom. The maximum Gasteiger partial charge on any atom is 0.321 e. The number of aromatic nitrogens is 2. The largest absolute Gasteiger partial charge is 0.376 e. The van der Waals surface area contributed by atoms with Gasteiger partial charge in [-0.05, 0) is 37.3 Å². The zero-order valence-corrected chi connectivity index (χ0v) is 15.9. The summed E-state index contributed by atoms with van der Waals surface area (Å²) in [6, 6.07) is 9.49. The van der Waals surface area contributed by atoms with Gasteiger partial charge in [0.05, 0.1) is 24.3 Å². The van der Waals surface area contributed by atoms with Crippen LogP contribution in [-0.4, -0.2) is 47.1 Å². The summed E-state index contributed by atoms with van der Waals surface area (Å²) < 4.78 is 5.87. The molecule has 2 aliphatic heterocycles. The topological polar surface area (TPSA) is 79.4 Å². The molecule has 2 N–H and O–H groups in total. The summed E-state index contributed by atoms with van der Waals surface area (Å²) in [5.74, 6) is 1.46. The Bertz CT molecular complexity index is 870. The molecule has 0 bridgehead atoms. The van der Waals surface area contributed by atoms with E-state index in [4.69, 9.17) is 9.72 Å². The average Bonchev–Trinajstić information content (AvgIpc) is 3.46. The SMILES string of the molecule is O=C(Nc1ccccc1)N1CCC2(COCc3cnc(NCC4CC4)nc32)C1. The summed E-state index contributed by atoms with van der Waals surface area (Å²) in [5.41, 5.74) is 2.64. The molecule has 28 heavy (non-hydrogen) atoms. The molecule has 1 aromatic carbocycles. The maximum absolute atomic E-state index is 12.7. The number of hydrogen-bond donors (Lipinski definition) is 2. The number of carbonyl (C=O) groups is 1. The normalized spacial score (nSPS) is 23.5. The lowest BCUT2D eigenvalue weighted by Gasteiger charge is -2.34. The molecule has 0 radical (unpaired) electrons. The Hall–Kier alpha value is -2.67. The van der Waals surface area contributed by atoms with Crippen molar-refractivity contribution in [1.29, 1.82) is 0 Å². The summed E-state index contributed by atoms with van der Waals surface area (Å²) in [6.45, 7) is 3.37. The fourth-order valence-electron chi connectivity index (χ4n) is 4.12. The first-order valence-electron chi connectivity index (χ1n) is 10.0. The van der Waals surface area contributed by atoms with Crippen molar-refractivity contribution in [3.8, 4) is 0 Å². The lowest BCUT2D eigenvalue weighted by molar-refractivity contribution is 0.0521. The van der Waals surface area contributed by atoms with Gasteiger partial charge in [-0.3, -0.25) is 0 Å². The molecular formula is C21H25N5O2. The van der Waals surface area contributed by atoms with Crippen LogP contribution in [0, 0.1) is 5.92 Å². The smallest absolute Gasteiger partial charge is 0.321 e. The number of fused-ring (bicyclic) bond motifs is 2. The van der Waals surface area contributed by atoms with Crippen LogP contribution in [-0.2, 0) is 16.8 Å². The highest BCUT2D eigenvalue weighted by Gasteiger charge is 2.46. The molecule has 1 atom stereocenters. The van der Waals surface area contributed by atoms with E-state index in [2.05, 4.69) is 15.6 Å². The molecule has 1 aliphatic carbocycles. The molecule has 7 nitrogen and oxygen atoms in total. The number of ether oxygens (including phenoxy) is 1. The van der Waals surface area contributed by atoms with Gasteiger partial charge in [0.1, 0.15) is 0 Å². The van der Waals surface area contributed by atoms with Crippen molar-refractivity contribution < 1.29 is 9.53 Å². The van der Waals surface area contributed by atoms with Crippen molar-refractivity contribution in [2.24, 2.45) is 5.92 Å². The van der Waals surface area contributed by atoms with Gasteiger partial charge in [-0.15, -0.1) is 0 Å². The van der Waals surface area contributed by atoms with E-state index in [-0.39, 0.29) is 11.4 Å². The zero-order chi connectivity index (χ0) is 19.0. The quantitative estimate of drug-likeness (QED) is 0.854. The number of para-hydroxylation sites is 1. The van der Waals surface area contributed by atoms with Gasteiger partial charge in [0.2, 0.25) is 5.95 Å². The minimum absolute atomic E-state index is 0.0728. The third kappa shape index (κ3) is 3.42. The van der Waals surface area contributed by atoms with Crippen molar-refractivity contribution in [2.45, 2.75) is 31.3 Å². The lowest BCUT2D eigenvalue weighted by atomic mass is 9.81. The molecule has 3 heterocycles. The second-order valence-electron chi connectivity index (χ2n) is 8.13. The molecule has 2 amide bonds. The van der Waals surface area contributed by atoms with E-state index in [1.807, 2.05) is 41.4 Å². The number of hydrogen-bond acceptors (Lipinski definition) is 5. The maximum atomic E-state index is 12.7. The van der Waals surface area contributed by atoms with Crippen molar-refractivity contribution >= 4 is 17.7 Å². The molecule has 1 spiro atoms. The molecule has 2 aromatic rings. The van der Waals surface area contributed by atoms with Gasteiger partial charge >= 0.3 is 6.03 Å². The highest BCUT2D eigenvalue weighted by atomic mass is 16.5. The van der Waals surface area contributed by atoms with Crippen LogP contribution in [0.4, 0.5) is 16.4 Å². The number of nitrogens with zero attached hydrogens (tertiary/aromatic N) is 3. The monoisotopic (exact) mass is 379 g/mol. The molecule has 1 saturated carbocycles. The van der Waals surface area contributed by atoms with Crippen molar-refractivity contribution in [1.82, 2.24) is 14.9 Å². The van der Waals surface area contributed by atoms with E-state index in [1.165, 1.54) is 12.8 Å². The molecule has 1 aromatic heterocycles. The highest BCUT2D eigenvalue weighted by Crippen LogP contribution is 2.39. The number of anilines is 2. The summed E-state index contributed by atoms with van der Waals surface area (Å²) in [7, 11) is 0. The number of urea groups is 1. The molecule has 7 heteroatoms. The number of benzene rings is 1. The van der Waals surface area contributed by atoms with Crippen LogP contribution in [0.2, 0.25) is 0 Å². The second kappa shape index (κ2) is 7.05. The van der Waals surface area contributed by atoms with Crippen LogP contribution < -0.4 is 10.6 Å². The summed E-state index contributed by atoms with van der Waals surface area (Å²) in [6.07, 6.45) is 5.31. The zero-order valence-electron chi connectivity index (χ0n) is 15.9. The molecular weight excluding hydrogens is 354 g/mol. The lowest BCUT2D eigenvalue weighted by Crippen LogP contribution is -2.42. The number of rotatable bonds is 4. The third-order valence-electron chi connectivity index (χ3n) is 5.91. The van der Waals surface area contributed by atoms with E-state index >= 15 is 0 Å². The number of amides is 2. The van der Waals surface area contributed by atoms with Gasteiger partial charge < -0.3 is 20.3 Å². The Morgan fingerprint density at radius 3 is 2.96 bits per heavy atom. The first-order chi connectivity index (χ1) is 13.7. The Morgan fingerprint density at radius 1 is 1.29 bits per heavy atom. The Balaban J connectivity index is 1.33.